The molecular weight excluding hydrogens is 262 g/mol. The van der Waals surface area contributed by atoms with E-state index in [2.05, 4.69) is 36.8 Å². The molecule has 2 N–H and O–H groups in total. The molecule has 1 aromatic rings. The van der Waals surface area contributed by atoms with Gasteiger partial charge < -0.3 is 15.4 Å². The van der Waals surface area contributed by atoms with Crippen molar-refractivity contribution in [2.24, 2.45) is 11.7 Å². The Balaban J connectivity index is 1.83. The predicted molar refractivity (Wildman–Crippen MR) is 87.8 cm³/mol. The fraction of sp³-hybridized carbons (Fsp3) is 0.706. The number of anilines is 1. The molecule has 0 aromatic carbocycles. The molecule has 1 unspecified atom stereocenters. The third-order valence-corrected chi connectivity index (χ3v) is 4.11. The molecule has 1 aliphatic carbocycles. The summed E-state index contributed by atoms with van der Waals surface area (Å²) in [4.78, 5) is 6.78. The van der Waals surface area contributed by atoms with E-state index in [4.69, 9.17) is 10.5 Å². The van der Waals surface area contributed by atoms with E-state index in [1.165, 1.54) is 24.0 Å². The number of likely N-dealkylation sites (N-methyl/N-ethyl adjacent to an activating group) is 1. The Morgan fingerprint density at radius 2 is 2.24 bits per heavy atom. The summed E-state index contributed by atoms with van der Waals surface area (Å²) in [7, 11) is 2.08. The summed E-state index contributed by atoms with van der Waals surface area (Å²) in [5, 5.41) is 0. The topological polar surface area (TPSA) is 51.4 Å². The number of nitrogens with zero attached hydrogens (tertiary/aromatic N) is 2. The highest BCUT2D eigenvalue weighted by atomic mass is 16.5. The number of hydrogen-bond acceptors (Lipinski definition) is 4. The maximum atomic E-state index is 6.01. The largest absolute Gasteiger partial charge is 0.379 e. The van der Waals surface area contributed by atoms with Gasteiger partial charge in [-0.2, -0.15) is 0 Å². The van der Waals surface area contributed by atoms with Crippen LogP contribution in [0.4, 0.5) is 5.82 Å². The summed E-state index contributed by atoms with van der Waals surface area (Å²) < 4.78 is 5.69. The summed E-state index contributed by atoms with van der Waals surface area (Å²) in [6, 6.07) is 2.44. The number of aromatic nitrogens is 1. The van der Waals surface area contributed by atoms with Crippen molar-refractivity contribution >= 4 is 5.82 Å². The lowest BCUT2D eigenvalue weighted by atomic mass is 10.0. The van der Waals surface area contributed by atoms with Crippen molar-refractivity contribution in [2.75, 3.05) is 31.7 Å². The van der Waals surface area contributed by atoms with Crippen LogP contribution in [0.5, 0.6) is 0 Å². The Bertz CT molecular complexity index is 446. The molecule has 0 saturated heterocycles. The average molecular weight is 291 g/mol. The summed E-state index contributed by atoms with van der Waals surface area (Å²) in [5.41, 5.74) is 8.44. The molecule has 2 rings (SSSR count). The molecule has 21 heavy (non-hydrogen) atoms. The highest BCUT2D eigenvalue weighted by molar-refractivity contribution is 5.46. The zero-order valence-electron chi connectivity index (χ0n) is 13.6. The lowest BCUT2D eigenvalue weighted by molar-refractivity contribution is 0.131. The van der Waals surface area contributed by atoms with Crippen LogP contribution < -0.4 is 10.6 Å². The molecule has 4 nitrogen and oxygen atoms in total. The minimum absolute atomic E-state index is 0.227. The van der Waals surface area contributed by atoms with Crippen LogP contribution in [0.3, 0.4) is 0 Å². The van der Waals surface area contributed by atoms with Crippen LogP contribution in [0.1, 0.15) is 37.3 Å². The van der Waals surface area contributed by atoms with E-state index in [1.807, 2.05) is 6.20 Å². The Labute approximate surface area is 128 Å². The first-order chi connectivity index (χ1) is 10.1. The molecule has 1 aliphatic rings. The van der Waals surface area contributed by atoms with Crippen LogP contribution in [0.15, 0.2) is 12.3 Å². The summed E-state index contributed by atoms with van der Waals surface area (Å²) in [5.74, 6) is 1.87. The van der Waals surface area contributed by atoms with Gasteiger partial charge in [0.1, 0.15) is 5.82 Å². The van der Waals surface area contributed by atoms with E-state index in [-0.39, 0.29) is 6.04 Å². The van der Waals surface area contributed by atoms with Crippen molar-refractivity contribution in [3.05, 3.63) is 23.4 Å². The molecule has 1 fully saturated rings. The number of ether oxygens (including phenoxy) is 1. The van der Waals surface area contributed by atoms with Crippen molar-refractivity contribution in [2.45, 2.75) is 45.6 Å². The van der Waals surface area contributed by atoms with Gasteiger partial charge in [-0.25, -0.2) is 4.98 Å². The van der Waals surface area contributed by atoms with Crippen LogP contribution in [-0.4, -0.2) is 37.8 Å². The van der Waals surface area contributed by atoms with Gasteiger partial charge in [-0.15, -0.1) is 0 Å². The molecule has 1 saturated carbocycles. The van der Waals surface area contributed by atoms with E-state index in [1.54, 1.807) is 0 Å². The Morgan fingerprint density at radius 1 is 1.48 bits per heavy atom. The monoisotopic (exact) mass is 291 g/mol. The van der Waals surface area contributed by atoms with Crippen LogP contribution in [0.2, 0.25) is 0 Å². The van der Waals surface area contributed by atoms with Gasteiger partial charge in [0.2, 0.25) is 0 Å². The normalized spacial score (nSPS) is 16.0. The summed E-state index contributed by atoms with van der Waals surface area (Å²) in [6.45, 7) is 6.82. The summed E-state index contributed by atoms with van der Waals surface area (Å²) in [6.07, 6.45) is 6.55. The highest BCUT2D eigenvalue weighted by Gasteiger charge is 2.21. The second kappa shape index (κ2) is 7.76. The number of aryl methyl sites for hydroxylation is 1. The maximum Gasteiger partial charge on any atom is 0.131 e. The maximum absolute atomic E-state index is 6.01. The predicted octanol–water partition coefficient (Wildman–Crippen LogP) is 2.53. The Kier molecular flexibility index (Phi) is 6.00. The van der Waals surface area contributed by atoms with Gasteiger partial charge in [-0.1, -0.05) is 13.0 Å². The highest BCUT2D eigenvalue weighted by Crippen LogP contribution is 2.28. The molecule has 4 heteroatoms. The molecule has 0 bridgehead atoms. The second-order valence-corrected chi connectivity index (χ2v) is 6.30. The third-order valence-electron chi connectivity index (χ3n) is 4.11. The number of hydrogen-bond donors (Lipinski definition) is 1. The van der Waals surface area contributed by atoms with Gasteiger partial charge in [0.25, 0.3) is 0 Å². The van der Waals surface area contributed by atoms with Crippen LogP contribution in [-0.2, 0) is 11.2 Å². The van der Waals surface area contributed by atoms with Crippen molar-refractivity contribution in [1.82, 2.24) is 4.98 Å². The molecular formula is C17H29N3O. The van der Waals surface area contributed by atoms with Crippen LogP contribution >= 0.6 is 0 Å². The third kappa shape index (κ3) is 5.29. The van der Waals surface area contributed by atoms with Crippen molar-refractivity contribution < 1.29 is 4.74 Å². The van der Waals surface area contributed by atoms with E-state index in [0.717, 1.165) is 44.3 Å². The molecule has 1 aromatic heterocycles. The second-order valence-electron chi connectivity index (χ2n) is 6.30. The smallest absolute Gasteiger partial charge is 0.131 e. The number of pyridine rings is 1. The summed E-state index contributed by atoms with van der Waals surface area (Å²) >= 11 is 0. The molecule has 1 heterocycles. The van der Waals surface area contributed by atoms with Gasteiger partial charge >= 0.3 is 0 Å². The molecule has 0 spiro atoms. The van der Waals surface area contributed by atoms with Crippen molar-refractivity contribution in [1.29, 1.82) is 0 Å². The fourth-order valence-electron chi connectivity index (χ4n) is 2.43. The minimum Gasteiger partial charge on any atom is -0.379 e. The van der Waals surface area contributed by atoms with Gasteiger partial charge in [0.05, 0.1) is 6.61 Å². The first-order valence-electron chi connectivity index (χ1n) is 8.10. The van der Waals surface area contributed by atoms with Gasteiger partial charge in [-0.3, -0.25) is 0 Å². The molecule has 0 amide bonds. The zero-order valence-corrected chi connectivity index (χ0v) is 13.6. The minimum atomic E-state index is 0.227. The number of rotatable bonds is 9. The molecule has 118 valence electrons. The standard InChI is InChI=1S/C17H29N3O/c1-4-16(18)10-15-9-13(2)17(19-11-15)20(3)7-8-21-12-14-5-6-14/h9,11,14,16H,4-8,10,12,18H2,1-3H3. The van der Waals surface area contributed by atoms with Gasteiger partial charge in [0, 0.05) is 32.4 Å². The van der Waals surface area contributed by atoms with Crippen molar-refractivity contribution in [3.8, 4) is 0 Å². The zero-order chi connectivity index (χ0) is 15.2. The Hall–Kier alpha value is -1.13. The lowest BCUT2D eigenvalue weighted by Crippen LogP contribution is -2.25. The van der Waals surface area contributed by atoms with Crippen molar-refractivity contribution in [3.63, 3.8) is 0 Å². The molecule has 1 atom stereocenters. The Morgan fingerprint density at radius 3 is 2.86 bits per heavy atom. The molecule has 0 aliphatic heterocycles. The first kappa shape index (κ1) is 16.2. The van der Waals surface area contributed by atoms with Crippen LogP contribution in [0, 0.1) is 12.8 Å². The number of nitrogens with two attached hydrogens (primary N) is 1. The average Bonchev–Trinajstić information content (AvgIpc) is 3.27. The van der Waals surface area contributed by atoms with E-state index >= 15 is 0 Å². The molecule has 0 radical (unpaired) electrons. The van der Waals surface area contributed by atoms with E-state index in [0.29, 0.717) is 0 Å². The van der Waals surface area contributed by atoms with Crippen LogP contribution in [0.25, 0.3) is 0 Å². The first-order valence-corrected chi connectivity index (χ1v) is 8.10. The van der Waals surface area contributed by atoms with Gasteiger partial charge in [0.15, 0.2) is 0 Å². The SMILES string of the molecule is CCC(N)Cc1cnc(N(C)CCOCC2CC2)c(C)c1. The quantitative estimate of drug-likeness (QED) is 0.710. The fourth-order valence-corrected chi connectivity index (χ4v) is 2.43. The van der Waals surface area contributed by atoms with E-state index in [9.17, 15) is 0 Å². The van der Waals surface area contributed by atoms with Gasteiger partial charge in [-0.05, 0) is 49.7 Å². The van der Waals surface area contributed by atoms with E-state index < -0.39 is 0 Å². The lowest BCUT2D eigenvalue weighted by Gasteiger charge is -2.21.